The Hall–Kier alpha value is -0.580. The van der Waals surface area contributed by atoms with Gasteiger partial charge in [0, 0.05) is 16.7 Å². The van der Waals surface area contributed by atoms with Gasteiger partial charge >= 0.3 is 0 Å². The average molecular weight is 371 g/mol. The molecular weight excluding hydrogens is 349 g/mol. The second-order valence-electron chi connectivity index (χ2n) is 5.62. The number of rotatable bonds is 3. The Morgan fingerprint density at radius 1 is 1.37 bits per heavy atom. The summed E-state index contributed by atoms with van der Waals surface area (Å²) < 4.78 is 1.09. The summed E-state index contributed by atoms with van der Waals surface area (Å²) in [5.41, 5.74) is 2.40. The van der Waals surface area contributed by atoms with Gasteiger partial charge in [0.25, 0.3) is 5.91 Å². The Morgan fingerprint density at radius 3 is 2.63 bits per heavy atom. The van der Waals surface area contributed by atoms with Crippen LogP contribution in [0.1, 0.15) is 49.0 Å². The third-order valence-electron chi connectivity index (χ3n) is 4.65. The average Bonchev–Trinajstić information content (AvgIpc) is 2.86. The summed E-state index contributed by atoms with van der Waals surface area (Å²) in [5.74, 6) is 0.205. The van der Waals surface area contributed by atoms with Crippen molar-refractivity contribution >= 4 is 28.5 Å². The van der Waals surface area contributed by atoms with Gasteiger partial charge in [-0.25, -0.2) is 0 Å². The highest BCUT2D eigenvalue weighted by atomic mass is 127. The number of carbonyl (C=O) groups is 1. The molecule has 1 aromatic rings. The van der Waals surface area contributed by atoms with E-state index in [-0.39, 0.29) is 5.91 Å². The minimum absolute atomic E-state index is 0.205. The number of hydrogen-bond donors (Lipinski definition) is 0. The lowest BCUT2D eigenvalue weighted by molar-refractivity contribution is 0.0768. The van der Waals surface area contributed by atoms with E-state index >= 15 is 0 Å². The number of nitrogens with zero attached hydrogens (tertiary/aromatic N) is 1. The van der Waals surface area contributed by atoms with Crippen molar-refractivity contribution in [3.63, 3.8) is 0 Å². The van der Waals surface area contributed by atoms with Gasteiger partial charge in [-0.15, -0.1) is 0 Å². The number of carbonyl (C=O) groups excluding carboxylic acids is 1. The van der Waals surface area contributed by atoms with E-state index in [4.69, 9.17) is 0 Å². The largest absolute Gasteiger partial charge is 0.338 e. The van der Waals surface area contributed by atoms with E-state index in [0.717, 1.165) is 41.5 Å². The van der Waals surface area contributed by atoms with Gasteiger partial charge in [0.15, 0.2) is 0 Å². The first kappa shape index (κ1) is 14.8. The van der Waals surface area contributed by atoms with Crippen LogP contribution in [0.3, 0.4) is 0 Å². The van der Waals surface area contributed by atoms with Crippen LogP contribution in [-0.4, -0.2) is 23.9 Å². The lowest BCUT2D eigenvalue weighted by atomic mass is 9.82. The van der Waals surface area contributed by atoms with E-state index in [0.29, 0.717) is 5.41 Å². The number of aryl methyl sites for hydroxylation is 1. The van der Waals surface area contributed by atoms with Crippen molar-refractivity contribution in [1.82, 2.24) is 4.90 Å². The Morgan fingerprint density at radius 2 is 2.05 bits per heavy atom. The third kappa shape index (κ3) is 2.81. The smallest absolute Gasteiger partial charge is 0.254 e. The third-order valence-corrected chi connectivity index (χ3v) is 6.08. The van der Waals surface area contributed by atoms with Crippen LogP contribution >= 0.6 is 22.6 Å². The first-order valence-electron chi connectivity index (χ1n) is 7.07. The Kier molecular flexibility index (Phi) is 4.54. The lowest BCUT2D eigenvalue weighted by Gasteiger charge is -2.26. The maximum absolute atomic E-state index is 12.7. The molecule has 2 rings (SSSR count). The molecule has 1 amide bonds. The zero-order valence-corrected chi connectivity index (χ0v) is 14.2. The van der Waals surface area contributed by atoms with E-state index in [1.165, 1.54) is 5.56 Å². The van der Waals surface area contributed by atoms with Crippen molar-refractivity contribution in [3.05, 3.63) is 32.9 Å². The van der Waals surface area contributed by atoms with Crippen molar-refractivity contribution in [2.24, 2.45) is 5.41 Å². The molecule has 1 aliphatic rings. The topological polar surface area (TPSA) is 20.3 Å². The summed E-state index contributed by atoms with van der Waals surface area (Å²) in [6.45, 7) is 8.38. The highest BCUT2D eigenvalue weighted by molar-refractivity contribution is 14.1. The first-order chi connectivity index (χ1) is 9.03. The molecule has 1 saturated heterocycles. The molecule has 104 valence electrons. The van der Waals surface area contributed by atoms with E-state index in [1.54, 1.807) is 0 Å². The van der Waals surface area contributed by atoms with Gasteiger partial charge in [0.2, 0.25) is 0 Å². The van der Waals surface area contributed by atoms with E-state index in [2.05, 4.69) is 49.4 Å². The van der Waals surface area contributed by atoms with Crippen LogP contribution in [0.15, 0.2) is 18.2 Å². The normalized spacial score (nSPS) is 17.8. The molecule has 2 nitrogen and oxygen atoms in total. The minimum atomic E-state index is 0.205. The predicted octanol–water partition coefficient (Wildman–Crippen LogP) is 4.25. The predicted molar refractivity (Wildman–Crippen MR) is 87.4 cm³/mol. The number of benzene rings is 1. The Balaban J connectivity index is 2.20. The van der Waals surface area contributed by atoms with Crippen molar-refractivity contribution in [3.8, 4) is 0 Å². The molecular formula is C16H22INO. The number of likely N-dealkylation sites (tertiary alicyclic amines) is 1. The lowest BCUT2D eigenvalue weighted by Crippen LogP contribution is -2.32. The van der Waals surface area contributed by atoms with Gasteiger partial charge in [0.05, 0.1) is 5.56 Å². The fraction of sp³-hybridized carbons (Fsp3) is 0.562. The highest BCUT2D eigenvalue weighted by Crippen LogP contribution is 2.37. The molecule has 3 heteroatoms. The molecule has 0 saturated carbocycles. The number of halogens is 1. The van der Waals surface area contributed by atoms with Gasteiger partial charge in [-0.05, 0) is 65.8 Å². The van der Waals surface area contributed by atoms with Crippen LogP contribution in [0.25, 0.3) is 0 Å². The summed E-state index contributed by atoms with van der Waals surface area (Å²) in [4.78, 5) is 14.7. The highest BCUT2D eigenvalue weighted by Gasteiger charge is 2.37. The van der Waals surface area contributed by atoms with Crippen molar-refractivity contribution in [2.45, 2.75) is 40.0 Å². The maximum Gasteiger partial charge on any atom is 0.254 e. The Labute approximate surface area is 129 Å². The summed E-state index contributed by atoms with van der Waals surface area (Å²) in [6, 6.07) is 5.99. The molecule has 0 radical (unpaired) electrons. The van der Waals surface area contributed by atoms with Crippen molar-refractivity contribution < 1.29 is 4.79 Å². The SMILES string of the molecule is CCC1(CC)CCN(C(=O)c2cccc(C)c2I)C1. The van der Waals surface area contributed by atoms with Gasteiger partial charge in [-0.2, -0.15) is 0 Å². The quantitative estimate of drug-likeness (QED) is 0.728. The van der Waals surface area contributed by atoms with Crippen LogP contribution in [0.5, 0.6) is 0 Å². The molecule has 0 atom stereocenters. The molecule has 0 unspecified atom stereocenters. The molecule has 1 fully saturated rings. The Bertz CT molecular complexity index is 480. The fourth-order valence-corrected chi connectivity index (χ4v) is 3.51. The van der Waals surface area contributed by atoms with Gasteiger partial charge < -0.3 is 4.90 Å². The maximum atomic E-state index is 12.7. The standard InChI is InChI=1S/C16H22INO/c1-4-16(5-2)9-10-18(11-16)15(19)13-8-6-7-12(3)14(13)17/h6-8H,4-5,9-11H2,1-3H3. The van der Waals surface area contributed by atoms with Gasteiger partial charge in [-0.1, -0.05) is 26.0 Å². The minimum Gasteiger partial charge on any atom is -0.338 e. The molecule has 0 aromatic heterocycles. The molecule has 0 aliphatic carbocycles. The fourth-order valence-electron chi connectivity index (χ4n) is 2.92. The monoisotopic (exact) mass is 371 g/mol. The molecule has 19 heavy (non-hydrogen) atoms. The molecule has 0 bridgehead atoms. The van der Waals surface area contributed by atoms with Crippen molar-refractivity contribution in [2.75, 3.05) is 13.1 Å². The molecule has 0 N–H and O–H groups in total. The zero-order valence-electron chi connectivity index (χ0n) is 12.0. The zero-order chi connectivity index (χ0) is 14.0. The van der Waals surface area contributed by atoms with Crippen molar-refractivity contribution in [1.29, 1.82) is 0 Å². The number of amides is 1. The molecule has 0 spiro atoms. The van der Waals surface area contributed by atoms with E-state index < -0.39 is 0 Å². The summed E-state index contributed by atoms with van der Waals surface area (Å²) in [7, 11) is 0. The van der Waals surface area contributed by atoms with Crippen LogP contribution in [0.4, 0.5) is 0 Å². The molecule has 1 aliphatic heterocycles. The molecule has 1 aromatic carbocycles. The summed E-state index contributed by atoms with van der Waals surface area (Å²) in [5, 5.41) is 0. The van der Waals surface area contributed by atoms with Gasteiger partial charge in [0.1, 0.15) is 0 Å². The van der Waals surface area contributed by atoms with Crippen LogP contribution < -0.4 is 0 Å². The summed E-state index contributed by atoms with van der Waals surface area (Å²) >= 11 is 2.29. The van der Waals surface area contributed by atoms with Crippen LogP contribution in [0, 0.1) is 15.9 Å². The second kappa shape index (κ2) is 5.81. The first-order valence-corrected chi connectivity index (χ1v) is 8.15. The molecule has 1 heterocycles. The van der Waals surface area contributed by atoms with Crippen LogP contribution in [-0.2, 0) is 0 Å². The summed E-state index contributed by atoms with van der Waals surface area (Å²) in [6.07, 6.45) is 3.48. The van der Waals surface area contributed by atoms with E-state index in [1.807, 2.05) is 17.0 Å². The second-order valence-corrected chi connectivity index (χ2v) is 6.70. The van der Waals surface area contributed by atoms with E-state index in [9.17, 15) is 4.79 Å². The van der Waals surface area contributed by atoms with Crippen LogP contribution in [0.2, 0.25) is 0 Å². The van der Waals surface area contributed by atoms with Gasteiger partial charge in [-0.3, -0.25) is 4.79 Å². The number of hydrogen-bond acceptors (Lipinski definition) is 1.